The summed E-state index contributed by atoms with van der Waals surface area (Å²) in [5.74, 6) is 0. The molecule has 0 amide bonds. The van der Waals surface area contributed by atoms with Gasteiger partial charge in [-0.3, -0.25) is 0 Å². The van der Waals surface area contributed by atoms with Crippen molar-refractivity contribution < 1.29 is 29.5 Å². The van der Waals surface area contributed by atoms with E-state index in [1.165, 1.54) is 14.2 Å². The third-order valence-electron chi connectivity index (χ3n) is 2.33. The molecule has 3 N–H and O–H groups in total. The second kappa shape index (κ2) is 5.01. The second-order valence-electron chi connectivity index (χ2n) is 3.14. The smallest absolute Gasteiger partial charge is 0.186 e. The highest BCUT2D eigenvalue weighted by Gasteiger charge is 2.44. The molecule has 0 spiro atoms. The molecule has 0 radical (unpaired) electrons. The Morgan fingerprint density at radius 2 is 1.79 bits per heavy atom. The van der Waals surface area contributed by atoms with Gasteiger partial charge in [-0.1, -0.05) is 0 Å². The average Bonchev–Trinajstić information content (AvgIpc) is 2.19. The van der Waals surface area contributed by atoms with E-state index in [1.54, 1.807) is 0 Å². The van der Waals surface area contributed by atoms with Gasteiger partial charge in [-0.05, 0) is 0 Å². The first kappa shape index (κ1) is 11.8. The molecule has 1 rings (SSSR count). The zero-order chi connectivity index (χ0) is 10.7. The lowest BCUT2D eigenvalue weighted by Crippen LogP contribution is -2.59. The molecule has 0 aromatic heterocycles. The molecule has 6 nitrogen and oxygen atoms in total. The van der Waals surface area contributed by atoms with E-state index in [0.717, 1.165) is 0 Å². The Morgan fingerprint density at radius 3 is 2.21 bits per heavy atom. The molecular formula is C8H16O6. The Balaban J connectivity index is 2.72. The minimum Gasteiger partial charge on any atom is -0.394 e. The van der Waals surface area contributed by atoms with Crippen LogP contribution >= 0.6 is 0 Å². The molecule has 0 saturated carbocycles. The summed E-state index contributed by atoms with van der Waals surface area (Å²) in [4.78, 5) is 0. The molecule has 1 heterocycles. The predicted molar refractivity (Wildman–Crippen MR) is 45.6 cm³/mol. The molecule has 14 heavy (non-hydrogen) atoms. The van der Waals surface area contributed by atoms with Crippen LogP contribution in [0, 0.1) is 0 Å². The van der Waals surface area contributed by atoms with E-state index in [9.17, 15) is 10.2 Å². The average molecular weight is 208 g/mol. The van der Waals surface area contributed by atoms with Crippen LogP contribution < -0.4 is 0 Å². The van der Waals surface area contributed by atoms with Crippen molar-refractivity contribution in [2.45, 2.75) is 30.7 Å². The van der Waals surface area contributed by atoms with Crippen molar-refractivity contribution in [3.05, 3.63) is 0 Å². The fraction of sp³-hybridized carbons (Fsp3) is 1.00. The minimum absolute atomic E-state index is 0.354. The van der Waals surface area contributed by atoms with Gasteiger partial charge in [0.2, 0.25) is 0 Å². The lowest BCUT2D eigenvalue weighted by molar-refractivity contribution is -0.298. The van der Waals surface area contributed by atoms with Crippen molar-refractivity contribution in [1.29, 1.82) is 0 Å². The lowest BCUT2D eigenvalue weighted by atomic mass is 9.99. The highest BCUT2D eigenvalue weighted by atomic mass is 16.7. The quantitative estimate of drug-likeness (QED) is 0.501. The number of methoxy groups -OCH3 is 2. The first-order valence-corrected chi connectivity index (χ1v) is 4.33. The predicted octanol–water partition coefficient (Wildman–Crippen LogP) is -1.91. The molecule has 0 aromatic carbocycles. The number of aliphatic hydroxyl groups excluding tert-OH is 3. The molecular weight excluding hydrogens is 192 g/mol. The van der Waals surface area contributed by atoms with Crippen molar-refractivity contribution >= 4 is 0 Å². The molecule has 1 aliphatic heterocycles. The third kappa shape index (κ3) is 2.05. The van der Waals surface area contributed by atoms with Gasteiger partial charge in [-0.25, -0.2) is 0 Å². The number of rotatable bonds is 3. The molecule has 0 bridgehead atoms. The van der Waals surface area contributed by atoms with Gasteiger partial charge in [0.05, 0.1) is 6.61 Å². The van der Waals surface area contributed by atoms with Crippen molar-refractivity contribution in [3.8, 4) is 0 Å². The first-order valence-electron chi connectivity index (χ1n) is 4.33. The fourth-order valence-electron chi connectivity index (χ4n) is 1.53. The van der Waals surface area contributed by atoms with Crippen molar-refractivity contribution in [1.82, 2.24) is 0 Å². The van der Waals surface area contributed by atoms with Crippen LogP contribution in [0.5, 0.6) is 0 Å². The Kier molecular flexibility index (Phi) is 4.24. The zero-order valence-electron chi connectivity index (χ0n) is 8.16. The minimum atomic E-state index is -1.07. The molecule has 1 aliphatic rings. The monoisotopic (exact) mass is 208 g/mol. The van der Waals surface area contributed by atoms with Gasteiger partial charge in [0.1, 0.15) is 24.4 Å². The highest BCUT2D eigenvalue weighted by molar-refractivity contribution is 4.89. The van der Waals surface area contributed by atoms with E-state index in [1.807, 2.05) is 0 Å². The molecule has 1 unspecified atom stereocenters. The van der Waals surface area contributed by atoms with Crippen LogP contribution in [-0.2, 0) is 14.2 Å². The van der Waals surface area contributed by atoms with E-state index in [2.05, 4.69) is 0 Å². The molecule has 5 atom stereocenters. The van der Waals surface area contributed by atoms with Crippen molar-refractivity contribution in [2.75, 3.05) is 20.8 Å². The first-order chi connectivity index (χ1) is 6.65. The molecule has 0 aromatic rings. The van der Waals surface area contributed by atoms with E-state index in [4.69, 9.17) is 19.3 Å². The fourth-order valence-corrected chi connectivity index (χ4v) is 1.53. The molecule has 84 valence electrons. The molecule has 1 saturated heterocycles. The normalized spacial score (nSPS) is 43.9. The van der Waals surface area contributed by atoms with Crippen LogP contribution in [0.2, 0.25) is 0 Å². The molecule has 0 aliphatic carbocycles. The Hall–Kier alpha value is -0.240. The number of hydrogen-bond donors (Lipinski definition) is 3. The summed E-state index contributed by atoms with van der Waals surface area (Å²) < 4.78 is 14.8. The van der Waals surface area contributed by atoms with E-state index in [-0.39, 0.29) is 6.61 Å². The van der Waals surface area contributed by atoms with Crippen LogP contribution in [0.15, 0.2) is 0 Å². The van der Waals surface area contributed by atoms with Gasteiger partial charge in [0.15, 0.2) is 6.29 Å². The van der Waals surface area contributed by atoms with Gasteiger partial charge in [0, 0.05) is 14.2 Å². The topological polar surface area (TPSA) is 88.4 Å². The summed E-state index contributed by atoms with van der Waals surface area (Å²) in [6, 6.07) is 0. The summed E-state index contributed by atoms with van der Waals surface area (Å²) in [7, 11) is 2.73. The molecule has 6 heteroatoms. The highest BCUT2D eigenvalue weighted by Crippen LogP contribution is 2.23. The summed E-state index contributed by atoms with van der Waals surface area (Å²) in [6.07, 6.45) is -4.63. The summed E-state index contributed by atoms with van der Waals surface area (Å²) in [5, 5.41) is 28.1. The molecule has 1 fully saturated rings. The summed E-state index contributed by atoms with van der Waals surface area (Å²) in [5.41, 5.74) is 0. The van der Waals surface area contributed by atoms with Gasteiger partial charge in [-0.2, -0.15) is 0 Å². The van der Waals surface area contributed by atoms with Gasteiger partial charge in [-0.15, -0.1) is 0 Å². The zero-order valence-corrected chi connectivity index (χ0v) is 8.16. The van der Waals surface area contributed by atoms with Crippen LogP contribution in [0.4, 0.5) is 0 Å². The summed E-state index contributed by atoms with van der Waals surface area (Å²) in [6.45, 7) is -0.354. The number of ether oxygens (including phenoxy) is 3. The maximum absolute atomic E-state index is 9.60. The third-order valence-corrected chi connectivity index (χ3v) is 2.33. The van der Waals surface area contributed by atoms with Crippen molar-refractivity contribution in [2.24, 2.45) is 0 Å². The van der Waals surface area contributed by atoms with E-state index in [0.29, 0.717) is 0 Å². The maximum Gasteiger partial charge on any atom is 0.186 e. The number of aliphatic hydroxyl groups is 3. The van der Waals surface area contributed by atoms with Gasteiger partial charge >= 0.3 is 0 Å². The standard InChI is InChI=1S/C8H16O6/c1-12-7-5(10)4(3-9)14-8(13-2)6(7)11/h4-11H,3H2,1-2H3/t4-,5-,6-,7+,8?/m1/s1. The van der Waals surface area contributed by atoms with Crippen LogP contribution in [0.1, 0.15) is 0 Å². The summed E-state index contributed by atoms with van der Waals surface area (Å²) >= 11 is 0. The van der Waals surface area contributed by atoms with Crippen molar-refractivity contribution in [3.63, 3.8) is 0 Å². The Morgan fingerprint density at radius 1 is 1.14 bits per heavy atom. The van der Waals surface area contributed by atoms with Crippen LogP contribution in [-0.4, -0.2) is 66.9 Å². The van der Waals surface area contributed by atoms with E-state index >= 15 is 0 Å². The van der Waals surface area contributed by atoms with Crippen LogP contribution in [0.25, 0.3) is 0 Å². The number of hydrogen-bond acceptors (Lipinski definition) is 6. The van der Waals surface area contributed by atoms with Crippen LogP contribution in [0.3, 0.4) is 0 Å². The maximum atomic E-state index is 9.60. The van der Waals surface area contributed by atoms with Gasteiger partial charge < -0.3 is 29.5 Å². The largest absolute Gasteiger partial charge is 0.394 e. The second-order valence-corrected chi connectivity index (χ2v) is 3.14. The van der Waals surface area contributed by atoms with Gasteiger partial charge in [0.25, 0.3) is 0 Å². The Labute approximate surface area is 82.0 Å². The van der Waals surface area contributed by atoms with E-state index < -0.39 is 30.7 Å². The Bertz CT molecular complexity index is 159. The lowest BCUT2D eigenvalue weighted by Gasteiger charge is -2.40. The SMILES string of the molecule is COC1O[C@H](CO)[C@@H](O)[C@H](OC)[C@H]1O.